The van der Waals surface area contributed by atoms with Crippen LogP contribution in [0, 0.1) is 0 Å². The van der Waals surface area contributed by atoms with Crippen molar-refractivity contribution in [3.8, 4) is 5.75 Å². The number of amides is 2. The van der Waals surface area contributed by atoms with Gasteiger partial charge in [-0.05, 0) is 37.1 Å². The van der Waals surface area contributed by atoms with Crippen molar-refractivity contribution in [2.45, 2.75) is 24.5 Å². The lowest BCUT2D eigenvalue weighted by molar-refractivity contribution is -0.121. The Morgan fingerprint density at radius 1 is 1.12 bits per heavy atom. The number of aromatic nitrogens is 3. The molecule has 1 aromatic heterocycles. The third-order valence-corrected chi connectivity index (χ3v) is 6.89. The summed E-state index contributed by atoms with van der Waals surface area (Å²) < 4.78 is 7.40. The quantitative estimate of drug-likeness (QED) is 0.557. The predicted molar refractivity (Wildman–Crippen MR) is 122 cm³/mol. The molecule has 0 bridgehead atoms. The molecule has 0 saturated heterocycles. The van der Waals surface area contributed by atoms with Gasteiger partial charge < -0.3 is 14.2 Å². The molecule has 0 radical (unpaired) electrons. The zero-order valence-electron chi connectivity index (χ0n) is 17.9. The highest BCUT2D eigenvalue weighted by Gasteiger charge is 2.33. The van der Waals surface area contributed by atoms with E-state index in [0.717, 1.165) is 17.8 Å². The van der Waals surface area contributed by atoms with Crippen LogP contribution >= 0.6 is 11.8 Å². The van der Waals surface area contributed by atoms with Gasteiger partial charge in [0, 0.05) is 19.3 Å². The number of rotatable bonds is 5. The standard InChI is InChI=1S/C23H23N5O3S/c1-15(28-18-9-5-6-10-19(18)31-13-20(28)29)22-24-25-23(26(22)2)32-14-21(30)27-12-11-16-7-3-4-8-17(16)27/h3-10,15H,11-14H2,1-2H3/t15-/m1/s1. The molecule has 2 amide bonds. The topological polar surface area (TPSA) is 80.6 Å². The van der Waals surface area contributed by atoms with E-state index in [2.05, 4.69) is 16.3 Å². The molecule has 2 aliphatic heterocycles. The summed E-state index contributed by atoms with van der Waals surface area (Å²) in [6.45, 7) is 2.62. The van der Waals surface area contributed by atoms with E-state index in [9.17, 15) is 9.59 Å². The Kier molecular flexibility index (Phi) is 5.34. The van der Waals surface area contributed by atoms with Gasteiger partial charge in [-0.3, -0.25) is 14.5 Å². The van der Waals surface area contributed by atoms with Crippen LogP contribution in [0.1, 0.15) is 24.4 Å². The zero-order chi connectivity index (χ0) is 22.2. The largest absolute Gasteiger partial charge is 0.482 e. The molecule has 8 nitrogen and oxygen atoms in total. The van der Waals surface area contributed by atoms with E-state index in [-0.39, 0.29) is 30.2 Å². The molecule has 0 unspecified atom stereocenters. The number of hydrogen-bond donors (Lipinski definition) is 0. The summed E-state index contributed by atoms with van der Waals surface area (Å²) in [4.78, 5) is 29.0. The van der Waals surface area contributed by atoms with Crippen LogP contribution in [-0.2, 0) is 23.1 Å². The van der Waals surface area contributed by atoms with Gasteiger partial charge in [0.25, 0.3) is 5.91 Å². The van der Waals surface area contributed by atoms with Crippen molar-refractivity contribution >= 4 is 35.0 Å². The van der Waals surface area contributed by atoms with Crippen LogP contribution < -0.4 is 14.5 Å². The summed E-state index contributed by atoms with van der Waals surface area (Å²) in [7, 11) is 1.86. The summed E-state index contributed by atoms with van der Waals surface area (Å²) in [6.07, 6.45) is 0.882. The van der Waals surface area contributed by atoms with E-state index in [1.807, 2.05) is 65.9 Å². The monoisotopic (exact) mass is 449 g/mol. The first kappa shape index (κ1) is 20.6. The molecule has 2 aromatic carbocycles. The summed E-state index contributed by atoms with van der Waals surface area (Å²) in [6, 6.07) is 15.1. The minimum Gasteiger partial charge on any atom is -0.482 e. The second-order valence-corrected chi connectivity index (χ2v) is 8.75. The highest BCUT2D eigenvalue weighted by atomic mass is 32.2. The molecule has 0 saturated carbocycles. The molecule has 9 heteroatoms. The third-order valence-electron chi connectivity index (χ3n) is 5.89. The van der Waals surface area contributed by atoms with Crippen molar-refractivity contribution in [2.24, 2.45) is 7.05 Å². The Morgan fingerprint density at radius 2 is 1.88 bits per heavy atom. The van der Waals surface area contributed by atoms with Gasteiger partial charge in [-0.1, -0.05) is 42.1 Å². The zero-order valence-corrected chi connectivity index (χ0v) is 18.7. The molecular formula is C23H23N5O3S. The van der Waals surface area contributed by atoms with Crippen LogP contribution in [-0.4, -0.2) is 45.5 Å². The van der Waals surface area contributed by atoms with E-state index in [0.29, 0.717) is 23.3 Å². The smallest absolute Gasteiger partial charge is 0.265 e. The average molecular weight is 450 g/mol. The van der Waals surface area contributed by atoms with Gasteiger partial charge >= 0.3 is 0 Å². The van der Waals surface area contributed by atoms with E-state index in [4.69, 9.17) is 4.74 Å². The first-order valence-electron chi connectivity index (χ1n) is 10.5. The van der Waals surface area contributed by atoms with Crippen molar-refractivity contribution in [1.29, 1.82) is 0 Å². The van der Waals surface area contributed by atoms with Gasteiger partial charge in [-0.25, -0.2) is 0 Å². The van der Waals surface area contributed by atoms with Crippen molar-refractivity contribution < 1.29 is 14.3 Å². The van der Waals surface area contributed by atoms with Crippen molar-refractivity contribution in [3.63, 3.8) is 0 Å². The number of benzene rings is 2. The fraction of sp³-hybridized carbons (Fsp3) is 0.304. The third kappa shape index (κ3) is 3.52. The molecule has 0 N–H and O–H groups in total. The average Bonchev–Trinajstić information content (AvgIpc) is 3.40. The maximum atomic E-state index is 12.8. The number of hydrogen-bond acceptors (Lipinski definition) is 6. The summed E-state index contributed by atoms with van der Waals surface area (Å²) in [5.41, 5.74) is 2.92. The molecule has 0 fully saturated rings. The number of thioether (sulfide) groups is 1. The highest BCUT2D eigenvalue weighted by molar-refractivity contribution is 7.99. The van der Waals surface area contributed by atoms with Gasteiger partial charge in [-0.2, -0.15) is 0 Å². The highest BCUT2D eigenvalue weighted by Crippen LogP contribution is 2.37. The van der Waals surface area contributed by atoms with Crippen LogP contribution in [0.25, 0.3) is 0 Å². The minimum atomic E-state index is -0.333. The van der Waals surface area contributed by atoms with Crippen molar-refractivity contribution in [1.82, 2.24) is 14.8 Å². The second-order valence-electron chi connectivity index (χ2n) is 7.81. The number of carbonyl (C=O) groups is 2. The van der Waals surface area contributed by atoms with E-state index in [1.54, 1.807) is 4.90 Å². The van der Waals surface area contributed by atoms with E-state index in [1.165, 1.54) is 17.3 Å². The molecule has 3 aromatic rings. The van der Waals surface area contributed by atoms with Crippen molar-refractivity contribution in [3.05, 3.63) is 59.9 Å². The van der Waals surface area contributed by atoms with Crippen LogP contribution in [0.5, 0.6) is 5.75 Å². The molecule has 1 atom stereocenters. The first-order chi connectivity index (χ1) is 15.5. The molecular weight excluding hydrogens is 426 g/mol. The van der Waals surface area contributed by atoms with Crippen LogP contribution in [0.2, 0.25) is 0 Å². The Bertz CT molecular complexity index is 1190. The molecule has 0 spiro atoms. The van der Waals surface area contributed by atoms with E-state index < -0.39 is 0 Å². The summed E-state index contributed by atoms with van der Waals surface area (Å²) in [5.74, 6) is 1.52. The summed E-state index contributed by atoms with van der Waals surface area (Å²) in [5, 5.41) is 9.27. The number of fused-ring (bicyclic) bond motifs is 2. The molecule has 0 aliphatic carbocycles. The Morgan fingerprint density at radius 3 is 2.72 bits per heavy atom. The van der Waals surface area contributed by atoms with Gasteiger partial charge in [0.05, 0.1) is 17.5 Å². The lowest BCUT2D eigenvalue weighted by Crippen LogP contribution is -2.41. The van der Waals surface area contributed by atoms with E-state index >= 15 is 0 Å². The fourth-order valence-electron chi connectivity index (χ4n) is 4.28. The molecule has 32 heavy (non-hydrogen) atoms. The first-order valence-corrected chi connectivity index (χ1v) is 11.5. The van der Waals surface area contributed by atoms with Crippen LogP contribution in [0.15, 0.2) is 53.7 Å². The molecule has 3 heterocycles. The maximum absolute atomic E-state index is 12.8. The van der Waals surface area contributed by atoms with Gasteiger partial charge in [0.15, 0.2) is 17.6 Å². The van der Waals surface area contributed by atoms with Crippen LogP contribution in [0.4, 0.5) is 11.4 Å². The number of nitrogens with zero attached hydrogens (tertiary/aromatic N) is 5. The SMILES string of the molecule is C[C@H](c1nnc(SCC(=O)N2CCc3ccccc32)n1C)N1C(=O)COc2ccccc21. The minimum absolute atomic E-state index is 0.00732. The van der Waals surface area contributed by atoms with Crippen molar-refractivity contribution in [2.75, 3.05) is 28.7 Å². The lowest BCUT2D eigenvalue weighted by Gasteiger charge is -2.33. The predicted octanol–water partition coefficient (Wildman–Crippen LogP) is 2.98. The number of para-hydroxylation sites is 3. The Hall–Kier alpha value is -3.33. The summed E-state index contributed by atoms with van der Waals surface area (Å²) >= 11 is 1.36. The van der Waals surface area contributed by atoms with Gasteiger partial charge in [0.1, 0.15) is 5.75 Å². The van der Waals surface area contributed by atoms with Crippen LogP contribution in [0.3, 0.4) is 0 Å². The lowest BCUT2D eigenvalue weighted by atomic mass is 10.1. The second kappa shape index (κ2) is 8.31. The molecule has 5 rings (SSSR count). The number of carbonyl (C=O) groups excluding carboxylic acids is 2. The number of anilines is 2. The molecule has 2 aliphatic rings. The van der Waals surface area contributed by atoms with Gasteiger partial charge in [0.2, 0.25) is 5.91 Å². The Balaban J connectivity index is 1.31. The van der Waals surface area contributed by atoms with Gasteiger partial charge in [-0.15, -0.1) is 10.2 Å². The maximum Gasteiger partial charge on any atom is 0.265 e. The molecule has 164 valence electrons. The fourth-order valence-corrected chi connectivity index (χ4v) is 5.07. The Labute approximate surface area is 190 Å². The number of ether oxygens (including phenoxy) is 1. The normalized spacial score (nSPS) is 15.9.